The molecule has 0 aliphatic rings. The van der Waals surface area contributed by atoms with Crippen molar-refractivity contribution in [2.45, 2.75) is 19.4 Å². The summed E-state index contributed by atoms with van der Waals surface area (Å²) in [6, 6.07) is 18.1. The zero-order valence-electron chi connectivity index (χ0n) is 16.3. The minimum absolute atomic E-state index is 0.0732. The number of rotatable bonds is 6. The molecular formula is C23H20N4O3. The molecule has 1 atom stereocenters. The highest BCUT2D eigenvalue weighted by molar-refractivity contribution is 5.88. The summed E-state index contributed by atoms with van der Waals surface area (Å²) in [6.45, 7) is 1.91. The molecule has 7 heteroatoms. The number of fused-ring (bicyclic) bond motifs is 1. The third-order valence-electron chi connectivity index (χ3n) is 4.73. The highest BCUT2D eigenvalue weighted by Gasteiger charge is 2.14. The topological polar surface area (TPSA) is 97.0 Å². The van der Waals surface area contributed by atoms with Gasteiger partial charge in [-0.1, -0.05) is 30.3 Å². The predicted octanol–water partition coefficient (Wildman–Crippen LogP) is 3.53. The monoisotopic (exact) mass is 400 g/mol. The lowest BCUT2D eigenvalue weighted by Gasteiger charge is -2.15. The van der Waals surface area contributed by atoms with E-state index in [2.05, 4.69) is 20.5 Å². The summed E-state index contributed by atoms with van der Waals surface area (Å²) in [7, 11) is 0. The summed E-state index contributed by atoms with van der Waals surface area (Å²) in [5, 5.41) is 10.7. The first-order valence-corrected chi connectivity index (χ1v) is 9.53. The Kier molecular flexibility index (Phi) is 5.52. The van der Waals surface area contributed by atoms with E-state index in [0.717, 1.165) is 5.56 Å². The lowest BCUT2D eigenvalue weighted by molar-refractivity contribution is -0.121. The number of amides is 1. The first-order valence-electron chi connectivity index (χ1n) is 9.53. The van der Waals surface area contributed by atoms with Crippen molar-refractivity contribution < 1.29 is 9.53 Å². The van der Waals surface area contributed by atoms with Gasteiger partial charge in [0.15, 0.2) is 0 Å². The summed E-state index contributed by atoms with van der Waals surface area (Å²) in [6.07, 6.45) is 3.40. The van der Waals surface area contributed by atoms with Crippen molar-refractivity contribution in [3.8, 4) is 11.5 Å². The van der Waals surface area contributed by atoms with Crippen LogP contribution in [0, 0.1) is 0 Å². The zero-order chi connectivity index (χ0) is 20.9. The summed E-state index contributed by atoms with van der Waals surface area (Å²) in [5.41, 5.74) is 1.22. The summed E-state index contributed by atoms with van der Waals surface area (Å²) in [4.78, 5) is 28.5. The van der Waals surface area contributed by atoms with Crippen LogP contribution in [0.1, 0.15) is 24.2 Å². The van der Waals surface area contributed by atoms with Gasteiger partial charge in [-0.25, -0.2) is 5.10 Å². The van der Waals surface area contributed by atoms with Crippen LogP contribution in [-0.2, 0) is 11.2 Å². The Bertz CT molecular complexity index is 1220. The molecule has 0 bridgehead atoms. The van der Waals surface area contributed by atoms with E-state index in [1.54, 1.807) is 30.6 Å². The molecule has 0 saturated carbocycles. The highest BCUT2D eigenvalue weighted by atomic mass is 16.5. The number of carbonyl (C=O) groups excluding carboxylic acids is 1. The van der Waals surface area contributed by atoms with Gasteiger partial charge < -0.3 is 10.1 Å². The maximum absolute atomic E-state index is 12.6. The van der Waals surface area contributed by atoms with E-state index in [1.807, 2.05) is 49.4 Å². The standard InChI is InChI=1S/C23H20N4O3/c1-15(16-8-10-17(11-9-16)30-18-5-4-12-24-14-18)25-22(28)13-21-19-6-2-3-7-20(19)23(29)27-26-21/h2-12,14-15H,13H2,1H3,(H,25,28)(H,27,29). The Balaban J connectivity index is 1.41. The van der Waals surface area contributed by atoms with Crippen molar-refractivity contribution in [2.24, 2.45) is 0 Å². The van der Waals surface area contributed by atoms with Gasteiger partial charge in [0.05, 0.1) is 29.7 Å². The van der Waals surface area contributed by atoms with Crippen LogP contribution in [0.3, 0.4) is 0 Å². The molecule has 4 aromatic rings. The second-order valence-corrected chi connectivity index (χ2v) is 6.87. The molecule has 0 saturated heterocycles. The van der Waals surface area contributed by atoms with Gasteiger partial charge in [0, 0.05) is 11.6 Å². The minimum Gasteiger partial charge on any atom is -0.456 e. The quantitative estimate of drug-likeness (QED) is 0.516. The fourth-order valence-corrected chi connectivity index (χ4v) is 3.20. The second-order valence-electron chi connectivity index (χ2n) is 6.87. The number of benzene rings is 2. The Morgan fingerprint density at radius 2 is 1.80 bits per heavy atom. The Morgan fingerprint density at radius 1 is 1.03 bits per heavy atom. The Labute approximate surface area is 172 Å². The first kappa shape index (κ1) is 19.3. The normalized spacial score (nSPS) is 11.8. The van der Waals surface area contributed by atoms with Crippen molar-refractivity contribution in [1.29, 1.82) is 0 Å². The average molecular weight is 400 g/mol. The lowest BCUT2D eigenvalue weighted by atomic mass is 10.1. The van der Waals surface area contributed by atoms with Crippen molar-refractivity contribution in [3.63, 3.8) is 0 Å². The van der Waals surface area contributed by atoms with E-state index in [1.165, 1.54) is 0 Å². The van der Waals surface area contributed by atoms with Crippen LogP contribution in [0.25, 0.3) is 10.8 Å². The van der Waals surface area contributed by atoms with Gasteiger partial charge in [-0.15, -0.1) is 0 Å². The van der Waals surface area contributed by atoms with Crippen LogP contribution in [0.2, 0.25) is 0 Å². The van der Waals surface area contributed by atoms with Crippen molar-refractivity contribution >= 4 is 16.7 Å². The predicted molar refractivity (Wildman–Crippen MR) is 113 cm³/mol. The number of ether oxygens (including phenoxy) is 1. The maximum Gasteiger partial charge on any atom is 0.272 e. The van der Waals surface area contributed by atoms with Gasteiger partial charge in [-0.3, -0.25) is 14.6 Å². The molecule has 1 unspecified atom stereocenters. The molecule has 0 fully saturated rings. The first-order chi connectivity index (χ1) is 14.6. The molecule has 1 amide bonds. The van der Waals surface area contributed by atoms with Crippen molar-refractivity contribution in [2.75, 3.05) is 0 Å². The fraction of sp³-hybridized carbons (Fsp3) is 0.130. The Morgan fingerprint density at radius 3 is 2.53 bits per heavy atom. The largest absolute Gasteiger partial charge is 0.456 e. The number of aromatic amines is 1. The average Bonchev–Trinajstić information content (AvgIpc) is 2.77. The number of aromatic nitrogens is 3. The van der Waals surface area contributed by atoms with Crippen LogP contribution in [0.4, 0.5) is 0 Å². The highest BCUT2D eigenvalue weighted by Crippen LogP contribution is 2.23. The SMILES string of the molecule is CC(NC(=O)Cc1n[nH]c(=O)c2ccccc12)c1ccc(Oc2cccnc2)cc1. The van der Waals surface area contributed by atoms with Crippen LogP contribution < -0.4 is 15.6 Å². The van der Waals surface area contributed by atoms with Gasteiger partial charge in [0.25, 0.3) is 5.56 Å². The fourth-order valence-electron chi connectivity index (χ4n) is 3.20. The van der Waals surface area contributed by atoms with E-state index in [-0.39, 0.29) is 23.9 Å². The van der Waals surface area contributed by atoms with E-state index in [4.69, 9.17) is 4.74 Å². The summed E-state index contributed by atoms with van der Waals surface area (Å²) >= 11 is 0. The molecule has 0 aliphatic heterocycles. The van der Waals surface area contributed by atoms with Crippen LogP contribution in [0.5, 0.6) is 11.5 Å². The van der Waals surface area contributed by atoms with E-state index in [9.17, 15) is 9.59 Å². The summed E-state index contributed by atoms with van der Waals surface area (Å²) in [5.74, 6) is 1.17. The number of carbonyl (C=O) groups is 1. The number of hydrogen-bond donors (Lipinski definition) is 2. The second kappa shape index (κ2) is 8.57. The number of pyridine rings is 1. The molecule has 0 spiro atoms. The molecule has 0 aliphatic carbocycles. The smallest absolute Gasteiger partial charge is 0.272 e. The van der Waals surface area contributed by atoms with E-state index >= 15 is 0 Å². The molecule has 2 aromatic heterocycles. The molecule has 4 rings (SSSR count). The van der Waals surface area contributed by atoms with Gasteiger partial charge in [0.2, 0.25) is 5.91 Å². The molecule has 2 N–H and O–H groups in total. The third kappa shape index (κ3) is 4.35. The van der Waals surface area contributed by atoms with Crippen LogP contribution >= 0.6 is 0 Å². The number of nitrogens with one attached hydrogen (secondary N) is 2. The zero-order valence-corrected chi connectivity index (χ0v) is 16.3. The number of nitrogens with zero attached hydrogens (tertiary/aromatic N) is 2. The van der Waals surface area contributed by atoms with Crippen LogP contribution in [-0.4, -0.2) is 21.1 Å². The van der Waals surface area contributed by atoms with Gasteiger partial charge in [-0.2, -0.15) is 5.10 Å². The molecule has 0 radical (unpaired) electrons. The molecule has 30 heavy (non-hydrogen) atoms. The van der Waals surface area contributed by atoms with Gasteiger partial charge >= 0.3 is 0 Å². The van der Waals surface area contributed by atoms with Crippen LogP contribution in [0.15, 0.2) is 77.9 Å². The lowest BCUT2D eigenvalue weighted by Crippen LogP contribution is -2.29. The Hall–Kier alpha value is -4.00. The molecule has 7 nitrogen and oxygen atoms in total. The van der Waals surface area contributed by atoms with Gasteiger partial charge in [0.1, 0.15) is 11.5 Å². The van der Waals surface area contributed by atoms with Gasteiger partial charge in [-0.05, 0) is 42.8 Å². The third-order valence-corrected chi connectivity index (χ3v) is 4.73. The van der Waals surface area contributed by atoms with Crippen molar-refractivity contribution in [1.82, 2.24) is 20.5 Å². The van der Waals surface area contributed by atoms with Crippen molar-refractivity contribution in [3.05, 3.63) is 94.7 Å². The number of hydrogen-bond acceptors (Lipinski definition) is 5. The minimum atomic E-state index is -0.267. The molecule has 2 aromatic carbocycles. The van der Waals surface area contributed by atoms with E-state index in [0.29, 0.717) is 28.0 Å². The maximum atomic E-state index is 12.6. The molecular weight excluding hydrogens is 380 g/mol. The number of H-pyrrole nitrogens is 1. The van der Waals surface area contributed by atoms with E-state index < -0.39 is 0 Å². The summed E-state index contributed by atoms with van der Waals surface area (Å²) < 4.78 is 5.74. The molecule has 150 valence electrons. The molecule has 2 heterocycles.